The Morgan fingerprint density at radius 3 is 2.28 bits per heavy atom. The normalized spacial score (nSPS) is 15.2. The molecule has 2 aromatic rings. The molecule has 1 saturated heterocycles. The van der Waals surface area contributed by atoms with Crippen molar-refractivity contribution in [3.8, 4) is 11.8 Å². The van der Waals surface area contributed by atoms with Gasteiger partial charge in [0.2, 0.25) is 0 Å². The molecule has 3 rings (SSSR count). The van der Waals surface area contributed by atoms with Crippen molar-refractivity contribution in [1.82, 2.24) is 15.7 Å². The molecule has 0 aliphatic carbocycles. The van der Waals surface area contributed by atoms with Gasteiger partial charge >= 0.3 is 6.03 Å². The fraction of sp³-hybridized carbons (Fsp3) is 0.304. The summed E-state index contributed by atoms with van der Waals surface area (Å²) in [5.41, 5.74) is 3.85. The van der Waals surface area contributed by atoms with Crippen LogP contribution in [0.25, 0.3) is 0 Å². The number of hydroxylamine groups is 1. The standard InChI is InChI=1S/C23H25FN4O4/c1-16(29)21(22(30)26-32)25-23(31)28-13-11-27(12-14-28)20-9-7-17(8-10-20)5-6-18-3-2-4-19(24)15-18/h2-4,7-10,15-16,21,29,32H,11-14H2,1H3,(H,25,31)(H,26,30)/t16-,21+/m1/s1. The number of nitrogens with one attached hydrogen (secondary N) is 2. The molecule has 1 aliphatic rings. The van der Waals surface area contributed by atoms with E-state index in [0.717, 1.165) is 11.3 Å². The minimum atomic E-state index is -1.24. The Kier molecular flexibility index (Phi) is 7.65. The molecule has 9 heteroatoms. The number of urea groups is 1. The van der Waals surface area contributed by atoms with Crippen molar-refractivity contribution in [3.63, 3.8) is 0 Å². The molecule has 3 amide bonds. The lowest BCUT2D eigenvalue weighted by Crippen LogP contribution is -2.58. The van der Waals surface area contributed by atoms with E-state index in [9.17, 15) is 19.1 Å². The lowest BCUT2D eigenvalue weighted by molar-refractivity contribution is -0.133. The van der Waals surface area contributed by atoms with Gasteiger partial charge in [-0.05, 0) is 49.4 Å². The van der Waals surface area contributed by atoms with E-state index in [4.69, 9.17) is 5.21 Å². The number of amides is 3. The van der Waals surface area contributed by atoms with Gasteiger partial charge in [0, 0.05) is 43.0 Å². The number of rotatable bonds is 4. The van der Waals surface area contributed by atoms with E-state index < -0.39 is 24.1 Å². The maximum atomic E-state index is 13.2. The zero-order chi connectivity index (χ0) is 23.1. The fourth-order valence-electron chi connectivity index (χ4n) is 3.33. The summed E-state index contributed by atoms with van der Waals surface area (Å²) in [5, 5.41) is 20.8. The van der Waals surface area contributed by atoms with Gasteiger partial charge in [-0.3, -0.25) is 10.0 Å². The fourth-order valence-corrected chi connectivity index (χ4v) is 3.33. The molecular formula is C23H25FN4O4. The molecule has 0 radical (unpaired) electrons. The van der Waals surface area contributed by atoms with Gasteiger partial charge in [0.1, 0.15) is 11.9 Å². The van der Waals surface area contributed by atoms with Crippen molar-refractivity contribution in [2.24, 2.45) is 0 Å². The lowest BCUT2D eigenvalue weighted by Gasteiger charge is -2.36. The lowest BCUT2D eigenvalue weighted by atomic mass is 10.1. The maximum Gasteiger partial charge on any atom is 0.318 e. The summed E-state index contributed by atoms with van der Waals surface area (Å²) in [7, 11) is 0. The largest absolute Gasteiger partial charge is 0.391 e. The third-order valence-corrected chi connectivity index (χ3v) is 5.13. The minimum absolute atomic E-state index is 0.321. The molecule has 8 nitrogen and oxygen atoms in total. The van der Waals surface area contributed by atoms with Gasteiger partial charge in [-0.1, -0.05) is 17.9 Å². The number of carbonyl (C=O) groups excluding carboxylic acids is 2. The van der Waals surface area contributed by atoms with Gasteiger partial charge < -0.3 is 20.2 Å². The minimum Gasteiger partial charge on any atom is -0.391 e. The molecule has 1 heterocycles. The Balaban J connectivity index is 1.55. The molecule has 4 N–H and O–H groups in total. The van der Waals surface area contributed by atoms with Gasteiger partial charge in [-0.2, -0.15) is 0 Å². The number of piperazine rings is 1. The number of aliphatic hydroxyl groups excluding tert-OH is 1. The summed E-state index contributed by atoms with van der Waals surface area (Å²) in [6.45, 7) is 3.39. The van der Waals surface area contributed by atoms with Gasteiger partial charge in [-0.15, -0.1) is 0 Å². The molecule has 32 heavy (non-hydrogen) atoms. The number of nitrogens with zero attached hydrogens (tertiary/aromatic N) is 2. The van der Waals surface area contributed by atoms with Crippen molar-refractivity contribution < 1.29 is 24.3 Å². The van der Waals surface area contributed by atoms with Crippen LogP contribution < -0.4 is 15.7 Å². The van der Waals surface area contributed by atoms with E-state index in [-0.39, 0.29) is 5.82 Å². The number of hydrogen-bond donors (Lipinski definition) is 4. The molecular weight excluding hydrogens is 415 g/mol. The van der Waals surface area contributed by atoms with Crippen LogP contribution in [0, 0.1) is 17.7 Å². The topological polar surface area (TPSA) is 105 Å². The van der Waals surface area contributed by atoms with Crippen LogP contribution in [0.2, 0.25) is 0 Å². The monoisotopic (exact) mass is 440 g/mol. The molecule has 2 atom stereocenters. The molecule has 1 fully saturated rings. The molecule has 0 spiro atoms. The average Bonchev–Trinajstić information content (AvgIpc) is 2.81. The molecule has 1 aliphatic heterocycles. The maximum absolute atomic E-state index is 13.2. The van der Waals surface area contributed by atoms with Gasteiger partial charge in [0.25, 0.3) is 5.91 Å². The van der Waals surface area contributed by atoms with E-state index in [0.29, 0.717) is 31.7 Å². The highest BCUT2D eigenvalue weighted by atomic mass is 19.1. The highest BCUT2D eigenvalue weighted by Gasteiger charge is 2.29. The van der Waals surface area contributed by atoms with Crippen LogP contribution in [0.3, 0.4) is 0 Å². The Morgan fingerprint density at radius 1 is 1.03 bits per heavy atom. The van der Waals surface area contributed by atoms with E-state index in [2.05, 4.69) is 22.1 Å². The first-order valence-corrected chi connectivity index (χ1v) is 10.2. The first-order chi connectivity index (χ1) is 15.4. The van der Waals surface area contributed by atoms with Crippen LogP contribution in [-0.2, 0) is 4.79 Å². The summed E-state index contributed by atoms with van der Waals surface area (Å²) in [6.07, 6.45) is -1.16. The smallest absolute Gasteiger partial charge is 0.318 e. The SMILES string of the molecule is C[C@@H](O)[C@H](NC(=O)N1CCN(c2ccc(C#Cc3cccc(F)c3)cc2)CC1)C(=O)NO. The molecule has 168 valence electrons. The number of hydrogen-bond acceptors (Lipinski definition) is 5. The quantitative estimate of drug-likeness (QED) is 0.326. The number of halogens is 1. The van der Waals surface area contributed by atoms with Crippen molar-refractivity contribution >= 4 is 17.6 Å². The zero-order valence-corrected chi connectivity index (χ0v) is 17.6. The van der Waals surface area contributed by atoms with Gasteiger partial charge in [0.15, 0.2) is 0 Å². The van der Waals surface area contributed by atoms with E-state index in [1.165, 1.54) is 24.5 Å². The van der Waals surface area contributed by atoms with Crippen LogP contribution in [0.5, 0.6) is 0 Å². The van der Waals surface area contributed by atoms with Crippen LogP contribution in [0.15, 0.2) is 48.5 Å². The summed E-state index contributed by atoms with van der Waals surface area (Å²) < 4.78 is 13.2. The highest BCUT2D eigenvalue weighted by Crippen LogP contribution is 2.17. The van der Waals surface area contributed by atoms with Crippen molar-refractivity contribution in [2.75, 3.05) is 31.1 Å². The number of benzene rings is 2. The third kappa shape index (κ3) is 5.97. The first-order valence-electron chi connectivity index (χ1n) is 10.2. The van der Waals surface area contributed by atoms with E-state index in [1.807, 2.05) is 24.3 Å². The molecule has 0 aromatic heterocycles. The Labute approximate surface area is 185 Å². The van der Waals surface area contributed by atoms with E-state index in [1.54, 1.807) is 17.0 Å². The highest BCUT2D eigenvalue weighted by molar-refractivity contribution is 5.87. The number of carbonyl (C=O) groups is 2. The van der Waals surface area contributed by atoms with Crippen molar-refractivity contribution in [1.29, 1.82) is 0 Å². The summed E-state index contributed by atoms with van der Waals surface area (Å²) >= 11 is 0. The third-order valence-electron chi connectivity index (χ3n) is 5.13. The number of aliphatic hydroxyl groups is 1. The average molecular weight is 440 g/mol. The van der Waals surface area contributed by atoms with Crippen molar-refractivity contribution in [2.45, 2.75) is 19.1 Å². The zero-order valence-electron chi connectivity index (χ0n) is 17.6. The molecule has 0 saturated carbocycles. The van der Waals surface area contributed by atoms with Crippen LogP contribution >= 0.6 is 0 Å². The van der Waals surface area contributed by atoms with E-state index >= 15 is 0 Å². The van der Waals surface area contributed by atoms with Crippen LogP contribution in [-0.4, -0.2) is 65.5 Å². The summed E-state index contributed by atoms with van der Waals surface area (Å²) in [6, 6.07) is 12.1. The van der Waals surface area contributed by atoms with Crippen LogP contribution in [0.4, 0.5) is 14.9 Å². The molecule has 0 bridgehead atoms. The predicted molar refractivity (Wildman–Crippen MR) is 117 cm³/mol. The van der Waals surface area contributed by atoms with Crippen molar-refractivity contribution in [3.05, 3.63) is 65.5 Å². The second-order valence-corrected chi connectivity index (χ2v) is 7.43. The Hall–Kier alpha value is -3.61. The first kappa shape index (κ1) is 23.1. The molecule has 0 unspecified atom stereocenters. The number of anilines is 1. The van der Waals surface area contributed by atoms with Gasteiger partial charge in [-0.25, -0.2) is 14.7 Å². The predicted octanol–water partition coefficient (Wildman–Crippen LogP) is 1.31. The van der Waals surface area contributed by atoms with Gasteiger partial charge in [0.05, 0.1) is 6.10 Å². The summed E-state index contributed by atoms with van der Waals surface area (Å²) in [5.74, 6) is 4.75. The Morgan fingerprint density at radius 2 is 1.69 bits per heavy atom. The van der Waals surface area contributed by atoms with Crippen LogP contribution in [0.1, 0.15) is 18.1 Å². The summed E-state index contributed by atoms with van der Waals surface area (Å²) in [4.78, 5) is 27.7. The molecule has 2 aromatic carbocycles. The Bertz CT molecular complexity index is 1010. The second kappa shape index (κ2) is 10.6. The second-order valence-electron chi connectivity index (χ2n) is 7.43.